The fraction of sp³-hybridized carbons (Fsp3) is 0.615. The zero-order chi connectivity index (χ0) is 23.8. The molecule has 2 heterocycles. The average molecular weight is 456 g/mol. The molecule has 2 aromatic heterocycles. The molecule has 0 fully saturated rings. The topological polar surface area (TPSA) is 104 Å². The fourth-order valence-electron chi connectivity index (χ4n) is 4.65. The summed E-state index contributed by atoms with van der Waals surface area (Å²) in [5.74, 6) is 0. The van der Waals surface area contributed by atoms with Gasteiger partial charge < -0.3 is 5.73 Å². The number of benzene rings is 1. The van der Waals surface area contributed by atoms with E-state index in [1.54, 1.807) is 0 Å². The van der Waals surface area contributed by atoms with E-state index in [1.165, 1.54) is 53.4 Å². The second-order valence-corrected chi connectivity index (χ2v) is 9.15. The molecule has 33 heavy (non-hydrogen) atoms. The van der Waals surface area contributed by atoms with Crippen molar-refractivity contribution in [3.63, 3.8) is 0 Å². The highest BCUT2D eigenvalue weighted by Crippen LogP contribution is 2.15. The first-order valence-corrected chi connectivity index (χ1v) is 12.6. The zero-order valence-corrected chi connectivity index (χ0v) is 19.9. The van der Waals surface area contributed by atoms with E-state index < -0.39 is 0 Å². The molecule has 0 unspecified atom stereocenters. The number of fused-ring (bicyclic) bond motifs is 2. The van der Waals surface area contributed by atoms with Gasteiger partial charge in [0.15, 0.2) is 0 Å². The van der Waals surface area contributed by atoms with Crippen molar-refractivity contribution in [2.24, 2.45) is 5.73 Å². The highest BCUT2D eigenvalue weighted by atomic mass is 16.2. The smallest absolute Gasteiger partial charge is 0.261 e. The summed E-state index contributed by atoms with van der Waals surface area (Å²) in [7, 11) is 0. The van der Waals surface area contributed by atoms with Crippen LogP contribution < -0.4 is 28.0 Å². The summed E-state index contributed by atoms with van der Waals surface area (Å²) in [5, 5.41) is 0.945. The summed E-state index contributed by atoms with van der Waals surface area (Å²) in [6.07, 6.45) is 12.5. The lowest BCUT2D eigenvalue weighted by Crippen LogP contribution is -2.26. The van der Waals surface area contributed by atoms with Crippen LogP contribution in [-0.2, 0) is 13.1 Å². The summed E-state index contributed by atoms with van der Waals surface area (Å²) in [5.41, 5.74) is 4.02. The van der Waals surface area contributed by atoms with Crippen LogP contribution >= 0.6 is 0 Å². The van der Waals surface area contributed by atoms with Crippen LogP contribution in [-0.4, -0.2) is 15.7 Å². The Kier molecular flexibility index (Phi) is 9.18. The van der Waals surface area contributed by atoms with E-state index in [0.29, 0.717) is 19.6 Å². The molecule has 7 nitrogen and oxygen atoms in total. The van der Waals surface area contributed by atoms with Gasteiger partial charge in [-0.25, -0.2) is 0 Å². The molecule has 0 aliphatic rings. The van der Waals surface area contributed by atoms with E-state index >= 15 is 0 Å². The van der Waals surface area contributed by atoms with Gasteiger partial charge in [-0.3, -0.25) is 28.3 Å². The van der Waals surface area contributed by atoms with Gasteiger partial charge in [-0.05, 0) is 37.9 Å². The minimum absolute atomic E-state index is 0.232. The Morgan fingerprint density at radius 3 is 1.24 bits per heavy atom. The maximum absolute atomic E-state index is 12.9. The highest BCUT2D eigenvalue weighted by Gasteiger charge is 2.19. The maximum Gasteiger partial charge on any atom is 0.261 e. The number of rotatable bonds is 15. The summed E-state index contributed by atoms with van der Waals surface area (Å²) in [6.45, 7) is 3.55. The minimum atomic E-state index is -0.376. The van der Waals surface area contributed by atoms with Crippen molar-refractivity contribution in [3.8, 4) is 0 Å². The molecule has 0 aliphatic carbocycles. The van der Waals surface area contributed by atoms with Crippen molar-refractivity contribution in [2.45, 2.75) is 97.1 Å². The molecule has 0 radical (unpaired) electrons. The summed E-state index contributed by atoms with van der Waals surface area (Å²) < 4.78 is 2.50. The normalized spacial score (nSPS) is 11.8. The van der Waals surface area contributed by atoms with Crippen molar-refractivity contribution in [2.75, 3.05) is 6.54 Å². The van der Waals surface area contributed by atoms with Crippen molar-refractivity contribution in [1.29, 1.82) is 0 Å². The molecule has 2 N–H and O–H groups in total. The highest BCUT2D eigenvalue weighted by molar-refractivity contribution is 5.97. The second kappa shape index (κ2) is 12.1. The third-order valence-electron chi connectivity index (χ3n) is 6.63. The predicted molar refractivity (Wildman–Crippen MR) is 135 cm³/mol. The van der Waals surface area contributed by atoms with Gasteiger partial charge in [0.05, 0.1) is 21.5 Å². The first-order chi connectivity index (χ1) is 16.0. The SMILES string of the molecule is CCCCCCCCCCn1c(=O)c2cc3c(=O)n(CCCCCCN)c(=O)c3cc2c1=O. The molecule has 3 aromatic rings. The molecule has 7 heteroatoms. The Morgan fingerprint density at radius 1 is 0.545 bits per heavy atom. The van der Waals surface area contributed by atoms with E-state index in [1.807, 2.05) is 0 Å². The van der Waals surface area contributed by atoms with Crippen molar-refractivity contribution >= 4 is 21.5 Å². The van der Waals surface area contributed by atoms with Gasteiger partial charge in [-0.15, -0.1) is 0 Å². The van der Waals surface area contributed by atoms with Gasteiger partial charge in [0, 0.05) is 13.1 Å². The molecular formula is C26H37N3O4. The number of unbranched alkanes of at least 4 members (excludes halogenated alkanes) is 10. The molecule has 0 aliphatic heterocycles. The molecule has 0 atom stereocenters. The Morgan fingerprint density at radius 2 is 0.879 bits per heavy atom. The first kappa shape index (κ1) is 25.1. The van der Waals surface area contributed by atoms with Crippen LogP contribution in [0.1, 0.15) is 84.0 Å². The van der Waals surface area contributed by atoms with Gasteiger partial charge in [0.25, 0.3) is 22.2 Å². The molecular weight excluding hydrogens is 418 g/mol. The van der Waals surface area contributed by atoms with Crippen molar-refractivity contribution in [3.05, 3.63) is 53.5 Å². The van der Waals surface area contributed by atoms with Gasteiger partial charge >= 0.3 is 0 Å². The van der Waals surface area contributed by atoms with E-state index in [0.717, 1.165) is 44.9 Å². The third kappa shape index (κ3) is 5.69. The van der Waals surface area contributed by atoms with Gasteiger partial charge in [-0.1, -0.05) is 64.7 Å². The molecule has 0 amide bonds. The van der Waals surface area contributed by atoms with E-state index in [9.17, 15) is 19.2 Å². The first-order valence-electron chi connectivity index (χ1n) is 12.6. The summed E-state index contributed by atoms with van der Waals surface area (Å²) >= 11 is 0. The Labute approximate surface area is 193 Å². The van der Waals surface area contributed by atoms with Crippen LogP contribution in [0.4, 0.5) is 0 Å². The van der Waals surface area contributed by atoms with Crippen molar-refractivity contribution < 1.29 is 0 Å². The van der Waals surface area contributed by atoms with Crippen LogP contribution in [0.15, 0.2) is 31.3 Å². The third-order valence-corrected chi connectivity index (χ3v) is 6.63. The lowest BCUT2D eigenvalue weighted by Gasteiger charge is -2.02. The molecule has 0 bridgehead atoms. The minimum Gasteiger partial charge on any atom is -0.330 e. The molecule has 0 saturated heterocycles. The average Bonchev–Trinajstić information content (AvgIpc) is 3.19. The number of hydrogen-bond acceptors (Lipinski definition) is 5. The Bertz CT molecular complexity index is 1180. The molecule has 180 valence electrons. The zero-order valence-electron chi connectivity index (χ0n) is 19.9. The van der Waals surface area contributed by atoms with Crippen molar-refractivity contribution in [1.82, 2.24) is 9.13 Å². The largest absolute Gasteiger partial charge is 0.330 e. The van der Waals surface area contributed by atoms with E-state index in [2.05, 4.69) is 6.92 Å². The van der Waals surface area contributed by atoms with Gasteiger partial charge in [-0.2, -0.15) is 0 Å². The number of nitrogens with two attached hydrogens (primary N) is 1. The second-order valence-electron chi connectivity index (χ2n) is 9.15. The molecule has 1 aromatic carbocycles. The van der Waals surface area contributed by atoms with E-state index in [-0.39, 0.29) is 43.8 Å². The molecule has 0 spiro atoms. The standard InChI is InChI=1S/C26H37N3O4/c1-2-3-4-5-6-7-9-12-15-28-23(30)19-17-21-22(18-20(19)24(28)31)26(33)29(25(21)32)16-13-10-8-11-14-27/h17-18H,2-16,27H2,1H3. The van der Waals surface area contributed by atoms with Crippen LogP contribution in [0.3, 0.4) is 0 Å². The summed E-state index contributed by atoms with van der Waals surface area (Å²) in [6, 6.07) is 2.90. The Balaban J connectivity index is 1.74. The fourth-order valence-corrected chi connectivity index (χ4v) is 4.65. The van der Waals surface area contributed by atoms with Gasteiger partial charge in [0.1, 0.15) is 0 Å². The van der Waals surface area contributed by atoms with Gasteiger partial charge in [0.2, 0.25) is 0 Å². The van der Waals surface area contributed by atoms with Crippen LogP contribution in [0.25, 0.3) is 21.5 Å². The Hall–Kier alpha value is -2.54. The lowest BCUT2D eigenvalue weighted by atomic mass is 10.1. The monoisotopic (exact) mass is 455 g/mol. The van der Waals surface area contributed by atoms with Crippen LogP contribution in [0, 0.1) is 0 Å². The number of nitrogens with zero attached hydrogens (tertiary/aromatic N) is 2. The summed E-state index contributed by atoms with van der Waals surface area (Å²) in [4.78, 5) is 51.4. The quantitative estimate of drug-likeness (QED) is 0.353. The van der Waals surface area contributed by atoms with E-state index in [4.69, 9.17) is 5.73 Å². The molecule has 3 rings (SSSR count). The lowest BCUT2D eigenvalue weighted by molar-refractivity contribution is 0.536. The maximum atomic E-state index is 12.9. The van der Waals surface area contributed by atoms with Crippen LogP contribution in [0.2, 0.25) is 0 Å². The number of aromatic nitrogens is 2. The predicted octanol–water partition coefficient (Wildman–Crippen LogP) is 3.57. The molecule has 0 saturated carbocycles. The van der Waals surface area contributed by atoms with Crippen LogP contribution in [0.5, 0.6) is 0 Å². The number of hydrogen-bond donors (Lipinski definition) is 1.